The van der Waals surface area contributed by atoms with Crippen molar-refractivity contribution < 1.29 is 21.6 Å². The van der Waals surface area contributed by atoms with Crippen molar-refractivity contribution in [2.75, 3.05) is 4.72 Å². The van der Waals surface area contributed by atoms with Crippen LogP contribution in [-0.4, -0.2) is 8.42 Å². The molecule has 0 aliphatic rings. The summed E-state index contributed by atoms with van der Waals surface area (Å²) < 4.78 is 65.2. The zero-order chi connectivity index (χ0) is 17.4. The fraction of sp³-hybridized carbons (Fsp3) is 0.0588. The second-order valence-corrected chi connectivity index (χ2v) is 6.88. The Hall–Kier alpha value is -2.54. The van der Waals surface area contributed by atoms with Gasteiger partial charge in [0.15, 0.2) is 0 Å². The van der Waals surface area contributed by atoms with Crippen molar-refractivity contribution in [3.8, 4) is 0 Å². The molecule has 24 heavy (non-hydrogen) atoms. The van der Waals surface area contributed by atoms with Crippen molar-refractivity contribution in [3.05, 3.63) is 72.3 Å². The van der Waals surface area contributed by atoms with Gasteiger partial charge in [0.2, 0.25) is 0 Å². The van der Waals surface area contributed by atoms with Gasteiger partial charge in [0.25, 0.3) is 10.0 Å². The van der Waals surface area contributed by atoms with Gasteiger partial charge in [-0.05, 0) is 41.1 Å². The van der Waals surface area contributed by atoms with Crippen LogP contribution in [0.2, 0.25) is 0 Å². The maximum atomic E-state index is 12.7. The molecule has 0 fully saturated rings. The zero-order valence-electron chi connectivity index (χ0n) is 12.2. The second-order valence-electron chi connectivity index (χ2n) is 5.19. The Kier molecular flexibility index (Phi) is 3.96. The highest BCUT2D eigenvalue weighted by Crippen LogP contribution is 2.31. The predicted molar refractivity (Wildman–Crippen MR) is 86.2 cm³/mol. The van der Waals surface area contributed by atoms with Crippen molar-refractivity contribution in [1.82, 2.24) is 0 Å². The largest absolute Gasteiger partial charge is 0.416 e. The number of benzene rings is 3. The normalized spacial score (nSPS) is 12.3. The topological polar surface area (TPSA) is 46.2 Å². The number of rotatable bonds is 3. The summed E-state index contributed by atoms with van der Waals surface area (Å²) in [6, 6.07) is 15.9. The molecular formula is C17H12F3NO2S. The Morgan fingerprint density at radius 2 is 1.50 bits per heavy atom. The average Bonchev–Trinajstić information content (AvgIpc) is 2.54. The summed E-state index contributed by atoms with van der Waals surface area (Å²) in [6.45, 7) is 0. The fourth-order valence-corrected chi connectivity index (χ4v) is 3.40. The quantitative estimate of drug-likeness (QED) is 0.746. The van der Waals surface area contributed by atoms with Crippen LogP contribution in [0.15, 0.2) is 71.6 Å². The minimum absolute atomic E-state index is 0.283. The van der Waals surface area contributed by atoms with Crippen LogP contribution in [0.25, 0.3) is 10.8 Å². The number of halogens is 3. The average molecular weight is 351 g/mol. The van der Waals surface area contributed by atoms with Gasteiger partial charge in [-0.2, -0.15) is 13.2 Å². The molecule has 0 aromatic heterocycles. The van der Waals surface area contributed by atoms with Crippen molar-refractivity contribution in [2.24, 2.45) is 0 Å². The van der Waals surface area contributed by atoms with E-state index < -0.39 is 26.7 Å². The van der Waals surface area contributed by atoms with Crippen molar-refractivity contribution >= 4 is 26.5 Å². The van der Waals surface area contributed by atoms with Crippen LogP contribution < -0.4 is 4.72 Å². The molecule has 0 aliphatic carbocycles. The number of sulfonamides is 1. The summed E-state index contributed by atoms with van der Waals surface area (Å²) >= 11 is 0. The van der Waals surface area contributed by atoms with Crippen molar-refractivity contribution in [2.45, 2.75) is 11.1 Å². The third-order valence-electron chi connectivity index (χ3n) is 3.47. The highest BCUT2D eigenvalue weighted by molar-refractivity contribution is 7.92. The summed E-state index contributed by atoms with van der Waals surface area (Å²) in [7, 11) is -4.11. The standard InChI is InChI=1S/C17H12F3NO2S/c18-17(19,20)14-6-3-7-16(11-14)24(22,23)21-15-9-8-12-4-1-2-5-13(12)10-15/h1-11,21H. The highest BCUT2D eigenvalue weighted by Gasteiger charge is 2.31. The maximum absolute atomic E-state index is 12.7. The Bertz CT molecular complexity index is 998. The van der Waals surface area contributed by atoms with Crippen LogP contribution in [0, 0.1) is 0 Å². The molecule has 7 heteroatoms. The molecule has 0 radical (unpaired) electrons. The number of anilines is 1. The molecule has 0 bridgehead atoms. The molecule has 0 unspecified atom stereocenters. The van der Waals surface area contributed by atoms with Crippen LogP contribution in [-0.2, 0) is 16.2 Å². The molecular weight excluding hydrogens is 339 g/mol. The van der Waals surface area contributed by atoms with E-state index in [0.29, 0.717) is 6.07 Å². The van der Waals surface area contributed by atoms with Crippen molar-refractivity contribution in [1.29, 1.82) is 0 Å². The molecule has 3 aromatic carbocycles. The number of hydrogen-bond acceptors (Lipinski definition) is 2. The SMILES string of the molecule is O=S(=O)(Nc1ccc2ccccc2c1)c1cccc(C(F)(F)F)c1. The molecule has 0 saturated carbocycles. The minimum Gasteiger partial charge on any atom is -0.280 e. The second kappa shape index (κ2) is 5.83. The summed E-state index contributed by atoms with van der Waals surface area (Å²) in [5.74, 6) is 0. The molecule has 3 aromatic rings. The number of alkyl halides is 3. The van der Waals surface area contributed by atoms with E-state index in [4.69, 9.17) is 0 Å². The molecule has 0 atom stereocenters. The van der Waals surface area contributed by atoms with E-state index in [0.717, 1.165) is 29.0 Å². The van der Waals surface area contributed by atoms with E-state index in [2.05, 4.69) is 4.72 Å². The van der Waals surface area contributed by atoms with Gasteiger partial charge in [0.1, 0.15) is 0 Å². The third kappa shape index (κ3) is 3.35. The van der Waals surface area contributed by atoms with Crippen LogP contribution in [0.1, 0.15) is 5.56 Å². The summed E-state index contributed by atoms with van der Waals surface area (Å²) in [6.07, 6.45) is -4.60. The van der Waals surface area contributed by atoms with Gasteiger partial charge in [-0.3, -0.25) is 4.72 Å². The minimum atomic E-state index is -4.60. The third-order valence-corrected chi connectivity index (χ3v) is 4.85. The van der Waals surface area contributed by atoms with Gasteiger partial charge in [-0.25, -0.2) is 8.42 Å². The number of nitrogens with one attached hydrogen (secondary N) is 1. The molecule has 0 saturated heterocycles. The van der Waals surface area contributed by atoms with Gasteiger partial charge >= 0.3 is 6.18 Å². The summed E-state index contributed by atoms with van der Waals surface area (Å²) in [5.41, 5.74) is -0.727. The van der Waals surface area contributed by atoms with Gasteiger partial charge in [0.05, 0.1) is 10.5 Å². The van der Waals surface area contributed by atoms with E-state index in [1.807, 2.05) is 24.3 Å². The molecule has 124 valence electrons. The molecule has 1 N–H and O–H groups in total. The van der Waals surface area contributed by atoms with Crippen LogP contribution in [0.4, 0.5) is 18.9 Å². The lowest BCUT2D eigenvalue weighted by atomic mass is 10.1. The molecule has 0 amide bonds. The van der Waals surface area contributed by atoms with E-state index in [-0.39, 0.29) is 5.69 Å². The van der Waals surface area contributed by atoms with Gasteiger partial charge < -0.3 is 0 Å². The zero-order valence-corrected chi connectivity index (χ0v) is 13.0. The first kappa shape index (κ1) is 16.3. The smallest absolute Gasteiger partial charge is 0.280 e. The molecule has 0 aliphatic heterocycles. The Balaban J connectivity index is 1.95. The molecule has 0 heterocycles. The van der Waals surface area contributed by atoms with E-state index >= 15 is 0 Å². The number of hydrogen-bond donors (Lipinski definition) is 1. The van der Waals surface area contributed by atoms with Gasteiger partial charge in [0, 0.05) is 5.69 Å². The lowest BCUT2D eigenvalue weighted by Gasteiger charge is -2.11. The van der Waals surface area contributed by atoms with Crippen LogP contribution >= 0.6 is 0 Å². The Labute approximate surface area is 136 Å². The predicted octanol–water partition coefficient (Wildman–Crippen LogP) is 4.66. The maximum Gasteiger partial charge on any atom is 0.416 e. The fourth-order valence-electron chi connectivity index (χ4n) is 2.31. The Morgan fingerprint density at radius 3 is 2.21 bits per heavy atom. The van der Waals surface area contributed by atoms with Gasteiger partial charge in [-0.15, -0.1) is 0 Å². The van der Waals surface area contributed by atoms with E-state index in [1.165, 1.54) is 0 Å². The first-order valence-corrected chi connectivity index (χ1v) is 8.43. The van der Waals surface area contributed by atoms with Crippen molar-refractivity contribution in [3.63, 3.8) is 0 Å². The lowest BCUT2D eigenvalue weighted by molar-refractivity contribution is -0.137. The highest BCUT2D eigenvalue weighted by atomic mass is 32.2. The molecule has 3 nitrogen and oxygen atoms in total. The summed E-state index contributed by atoms with van der Waals surface area (Å²) in [5, 5.41) is 1.75. The van der Waals surface area contributed by atoms with Crippen LogP contribution in [0.3, 0.4) is 0 Å². The summed E-state index contributed by atoms with van der Waals surface area (Å²) in [4.78, 5) is -0.439. The first-order valence-electron chi connectivity index (χ1n) is 6.95. The lowest BCUT2D eigenvalue weighted by Crippen LogP contribution is -2.14. The monoisotopic (exact) mass is 351 g/mol. The van der Waals surface area contributed by atoms with Crippen LogP contribution in [0.5, 0.6) is 0 Å². The molecule has 3 rings (SSSR count). The Morgan fingerprint density at radius 1 is 0.792 bits per heavy atom. The molecule has 0 spiro atoms. The first-order chi connectivity index (χ1) is 11.3. The number of fused-ring (bicyclic) bond motifs is 1. The van der Waals surface area contributed by atoms with E-state index in [1.54, 1.807) is 18.2 Å². The van der Waals surface area contributed by atoms with E-state index in [9.17, 15) is 21.6 Å². The van der Waals surface area contributed by atoms with Gasteiger partial charge in [-0.1, -0.05) is 36.4 Å².